The number of aliphatic carboxylic acids is 1. The third-order valence-corrected chi connectivity index (χ3v) is 4.43. The summed E-state index contributed by atoms with van der Waals surface area (Å²) in [6.07, 6.45) is 0. The number of hydrogen-bond acceptors (Lipinski definition) is 4. The number of carboxylic acids is 1. The molecule has 5 heteroatoms. The standard InChI is InChI=1S/C13H19NO3S/c1-9(2)13(14,12(15)16)18-8-10-4-6-11(17-3)7-5-10/h4-7,9H,8,14H2,1-3H3,(H,15,16). The first-order valence-electron chi connectivity index (χ1n) is 5.69. The van der Waals surface area contributed by atoms with Crippen molar-refractivity contribution in [1.29, 1.82) is 0 Å². The minimum Gasteiger partial charge on any atom is -0.497 e. The highest BCUT2D eigenvalue weighted by Gasteiger charge is 2.37. The molecule has 1 aromatic carbocycles. The topological polar surface area (TPSA) is 72.5 Å². The first kappa shape index (κ1) is 14.9. The van der Waals surface area contributed by atoms with Crippen LogP contribution in [-0.4, -0.2) is 23.1 Å². The summed E-state index contributed by atoms with van der Waals surface area (Å²) in [6.45, 7) is 3.63. The van der Waals surface area contributed by atoms with Crippen LogP contribution in [0.1, 0.15) is 19.4 Å². The highest BCUT2D eigenvalue weighted by molar-refractivity contribution is 8.00. The molecule has 0 spiro atoms. The highest BCUT2D eigenvalue weighted by Crippen LogP contribution is 2.31. The molecule has 0 radical (unpaired) electrons. The molecule has 0 aliphatic carbocycles. The average molecular weight is 269 g/mol. The second kappa shape index (κ2) is 6.11. The number of methoxy groups -OCH3 is 1. The summed E-state index contributed by atoms with van der Waals surface area (Å²) in [7, 11) is 1.61. The monoisotopic (exact) mass is 269 g/mol. The van der Waals surface area contributed by atoms with Gasteiger partial charge >= 0.3 is 5.97 Å². The highest BCUT2D eigenvalue weighted by atomic mass is 32.2. The van der Waals surface area contributed by atoms with E-state index in [9.17, 15) is 9.90 Å². The number of benzene rings is 1. The molecule has 0 saturated heterocycles. The van der Waals surface area contributed by atoms with Crippen molar-refractivity contribution in [2.75, 3.05) is 7.11 Å². The Morgan fingerprint density at radius 3 is 2.39 bits per heavy atom. The predicted molar refractivity (Wildman–Crippen MR) is 73.7 cm³/mol. The second-order valence-electron chi connectivity index (χ2n) is 4.39. The zero-order chi connectivity index (χ0) is 13.8. The van der Waals surface area contributed by atoms with Gasteiger partial charge in [-0.3, -0.25) is 0 Å². The van der Waals surface area contributed by atoms with Gasteiger partial charge in [0.15, 0.2) is 4.87 Å². The number of carbonyl (C=O) groups is 1. The lowest BCUT2D eigenvalue weighted by Crippen LogP contribution is -2.49. The van der Waals surface area contributed by atoms with Gasteiger partial charge in [-0.05, 0) is 23.6 Å². The summed E-state index contributed by atoms with van der Waals surface area (Å²) in [5.41, 5.74) is 6.95. The van der Waals surface area contributed by atoms with Crippen LogP contribution in [-0.2, 0) is 10.5 Å². The maximum Gasteiger partial charge on any atom is 0.334 e. The number of nitrogens with two attached hydrogens (primary N) is 1. The maximum atomic E-state index is 11.2. The molecule has 18 heavy (non-hydrogen) atoms. The Labute approximate surface area is 112 Å². The van der Waals surface area contributed by atoms with Crippen molar-refractivity contribution >= 4 is 17.7 Å². The average Bonchev–Trinajstić information content (AvgIpc) is 2.36. The summed E-state index contributed by atoms with van der Waals surface area (Å²) in [5.74, 6) is 0.226. The number of rotatable bonds is 6. The van der Waals surface area contributed by atoms with Gasteiger partial charge in [0.05, 0.1) is 7.11 Å². The van der Waals surface area contributed by atoms with E-state index in [1.54, 1.807) is 7.11 Å². The van der Waals surface area contributed by atoms with Crippen LogP contribution in [0.4, 0.5) is 0 Å². The second-order valence-corrected chi connectivity index (χ2v) is 5.64. The fourth-order valence-corrected chi connectivity index (χ4v) is 2.45. The van der Waals surface area contributed by atoms with E-state index in [4.69, 9.17) is 10.5 Å². The van der Waals surface area contributed by atoms with Crippen molar-refractivity contribution in [3.8, 4) is 5.75 Å². The van der Waals surface area contributed by atoms with E-state index in [-0.39, 0.29) is 5.92 Å². The van der Waals surface area contributed by atoms with E-state index in [1.807, 2.05) is 38.1 Å². The molecule has 3 N–H and O–H groups in total. The molecular weight excluding hydrogens is 250 g/mol. The quantitative estimate of drug-likeness (QED) is 0.775. The van der Waals surface area contributed by atoms with Crippen molar-refractivity contribution in [3.05, 3.63) is 29.8 Å². The van der Waals surface area contributed by atoms with Gasteiger partial charge in [0.25, 0.3) is 0 Å². The van der Waals surface area contributed by atoms with Crippen LogP contribution in [0.2, 0.25) is 0 Å². The number of hydrogen-bond donors (Lipinski definition) is 2. The van der Waals surface area contributed by atoms with E-state index in [1.165, 1.54) is 11.8 Å². The normalized spacial score (nSPS) is 14.3. The molecular formula is C13H19NO3S. The van der Waals surface area contributed by atoms with Crippen LogP contribution >= 0.6 is 11.8 Å². The zero-order valence-corrected chi connectivity index (χ0v) is 11.7. The van der Waals surface area contributed by atoms with Crippen molar-refractivity contribution in [1.82, 2.24) is 0 Å². The van der Waals surface area contributed by atoms with Crippen LogP contribution in [0.3, 0.4) is 0 Å². The van der Waals surface area contributed by atoms with Gasteiger partial charge in [0, 0.05) is 5.75 Å². The molecule has 0 aliphatic heterocycles. The third kappa shape index (κ3) is 3.40. The van der Waals surface area contributed by atoms with Crippen molar-refractivity contribution < 1.29 is 14.6 Å². The molecule has 0 heterocycles. The molecule has 0 aliphatic rings. The van der Waals surface area contributed by atoms with Crippen LogP contribution < -0.4 is 10.5 Å². The van der Waals surface area contributed by atoms with Crippen LogP contribution in [0.25, 0.3) is 0 Å². The first-order chi connectivity index (χ1) is 8.40. The van der Waals surface area contributed by atoms with E-state index < -0.39 is 10.8 Å². The molecule has 0 fully saturated rings. The molecule has 4 nitrogen and oxygen atoms in total. The zero-order valence-electron chi connectivity index (χ0n) is 10.8. The predicted octanol–water partition coefficient (Wildman–Crippen LogP) is 2.32. The SMILES string of the molecule is COc1ccc(CSC(N)(C(=O)O)C(C)C)cc1. The summed E-state index contributed by atoms with van der Waals surface area (Å²) in [5, 5.41) is 9.20. The van der Waals surface area contributed by atoms with Gasteiger partial charge in [-0.1, -0.05) is 26.0 Å². The molecule has 1 aromatic rings. The van der Waals surface area contributed by atoms with Gasteiger partial charge < -0.3 is 15.6 Å². The molecule has 1 atom stereocenters. The van der Waals surface area contributed by atoms with E-state index in [2.05, 4.69) is 0 Å². The van der Waals surface area contributed by atoms with Gasteiger partial charge in [-0.15, -0.1) is 11.8 Å². The largest absolute Gasteiger partial charge is 0.497 e. The van der Waals surface area contributed by atoms with Crippen LogP contribution in [0, 0.1) is 5.92 Å². The fraction of sp³-hybridized carbons (Fsp3) is 0.462. The van der Waals surface area contributed by atoms with Crippen LogP contribution in [0.5, 0.6) is 5.75 Å². The lowest BCUT2D eigenvalue weighted by Gasteiger charge is -2.28. The third-order valence-electron chi connectivity index (χ3n) is 2.83. The Morgan fingerprint density at radius 2 is 2.00 bits per heavy atom. The smallest absolute Gasteiger partial charge is 0.334 e. The van der Waals surface area contributed by atoms with E-state index >= 15 is 0 Å². The summed E-state index contributed by atoms with van der Waals surface area (Å²) in [6, 6.07) is 7.53. The fourth-order valence-electron chi connectivity index (χ4n) is 1.40. The van der Waals surface area contributed by atoms with Gasteiger partial charge in [-0.25, -0.2) is 4.79 Å². The van der Waals surface area contributed by atoms with Gasteiger partial charge in [0.2, 0.25) is 0 Å². The number of thioether (sulfide) groups is 1. The van der Waals surface area contributed by atoms with Gasteiger partial charge in [0.1, 0.15) is 5.75 Å². The number of carboxylic acid groups (broad SMARTS) is 1. The van der Waals surface area contributed by atoms with Crippen LogP contribution in [0.15, 0.2) is 24.3 Å². The lowest BCUT2D eigenvalue weighted by molar-refractivity contribution is -0.140. The Morgan fingerprint density at radius 1 is 1.44 bits per heavy atom. The number of ether oxygens (including phenoxy) is 1. The summed E-state index contributed by atoms with van der Waals surface area (Å²) < 4.78 is 5.07. The van der Waals surface area contributed by atoms with Gasteiger partial charge in [-0.2, -0.15) is 0 Å². The lowest BCUT2D eigenvalue weighted by atomic mass is 10.1. The maximum absolute atomic E-state index is 11.2. The molecule has 0 aromatic heterocycles. The van der Waals surface area contributed by atoms with E-state index in [0.717, 1.165) is 11.3 Å². The summed E-state index contributed by atoms with van der Waals surface area (Å²) in [4.78, 5) is 9.97. The molecule has 1 rings (SSSR count). The minimum atomic E-state index is -1.25. The Bertz CT molecular complexity index is 405. The molecule has 100 valence electrons. The summed E-state index contributed by atoms with van der Waals surface area (Å²) >= 11 is 1.24. The van der Waals surface area contributed by atoms with Crippen molar-refractivity contribution in [2.24, 2.45) is 11.7 Å². The van der Waals surface area contributed by atoms with Crippen molar-refractivity contribution in [3.63, 3.8) is 0 Å². The molecule has 0 amide bonds. The minimum absolute atomic E-state index is 0.141. The Hall–Kier alpha value is -1.20. The first-order valence-corrected chi connectivity index (χ1v) is 6.68. The molecule has 1 unspecified atom stereocenters. The Kier molecular flexibility index (Phi) is 5.04. The Balaban J connectivity index is 2.70. The van der Waals surface area contributed by atoms with Crippen molar-refractivity contribution in [2.45, 2.75) is 24.5 Å². The molecule has 0 bridgehead atoms. The molecule has 0 saturated carbocycles. The van der Waals surface area contributed by atoms with E-state index in [0.29, 0.717) is 5.75 Å².